The summed E-state index contributed by atoms with van der Waals surface area (Å²) in [6.45, 7) is 0.135. The molecule has 0 saturated carbocycles. The molecule has 2 aromatic rings. The predicted molar refractivity (Wildman–Crippen MR) is 56.8 cm³/mol. The van der Waals surface area contributed by atoms with Crippen molar-refractivity contribution < 1.29 is 10.2 Å². The van der Waals surface area contributed by atoms with Crippen molar-refractivity contribution in [3.63, 3.8) is 0 Å². The van der Waals surface area contributed by atoms with Gasteiger partial charge in [-0.1, -0.05) is 0 Å². The van der Waals surface area contributed by atoms with Crippen LogP contribution in [-0.4, -0.2) is 43.0 Å². The van der Waals surface area contributed by atoms with Gasteiger partial charge in [-0.15, -0.1) is 0 Å². The van der Waals surface area contributed by atoms with Crippen molar-refractivity contribution in [2.75, 3.05) is 13.2 Å². The van der Waals surface area contributed by atoms with E-state index in [2.05, 4.69) is 15.1 Å². The Kier molecular flexibility index (Phi) is 3.43. The van der Waals surface area contributed by atoms with Crippen molar-refractivity contribution in [2.45, 2.75) is 12.8 Å². The zero-order chi connectivity index (χ0) is 11.4. The van der Waals surface area contributed by atoms with Crippen LogP contribution < -0.4 is 0 Å². The second-order valence-corrected chi connectivity index (χ2v) is 3.69. The van der Waals surface area contributed by atoms with Gasteiger partial charge in [0.1, 0.15) is 6.33 Å². The molecule has 0 fully saturated rings. The zero-order valence-corrected chi connectivity index (χ0v) is 8.82. The number of nitrogens with zero attached hydrogens (tertiary/aromatic N) is 4. The predicted octanol–water partition coefficient (Wildman–Crippen LogP) is -0.342. The highest BCUT2D eigenvalue weighted by atomic mass is 16.3. The molecular weight excluding hydrogens is 208 g/mol. The molecule has 86 valence electrons. The number of aliphatic hydroxyl groups excluding tert-OH is 2. The fourth-order valence-electron chi connectivity index (χ4n) is 1.68. The van der Waals surface area contributed by atoms with Gasteiger partial charge < -0.3 is 10.2 Å². The van der Waals surface area contributed by atoms with E-state index in [1.54, 1.807) is 16.9 Å². The number of aromatic nitrogens is 4. The van der Waals surface area contributed by atoms with Crippen molar-refractivity contribution in [3.8, 4) is 0 Å². The first kappa shape index (κ1) is 11.0. The zero-order valence-electron chi connectivity index (χ0n) is 8.82. The first-order chi connectivity index (χ1) is 7.85. The van der Waals surface area contributed by atoms with E-state index in [1.165, 1.54) is 6.33 Å². The second kappa shape index (κ2) is 5.00. The summed E-state index contributed by atoms with van der Waals surface area (Å²) < 4.78 is 1.70. The van der Waals surface area contributed by atoms with Gasteiger partial charge in [0.2, 0.25) is 0 Å². The summed E-state index contributed by atoms with van der Waals surface area (Å²) in [6.07, 6.45) is 6.04. The van der Waals surface area contributed by atoms with Crippen LogP contribution in [0.4, 0.5) is 0 Å². The first-order valence-corrected chi connectivity index (χ1v) is 5.19. The topological polar surface area (TPSA) is 83.5 Å². The van der Waals surface area contributed by atoms with Crippen LogP contribution in [0.5, 0.6) is 0 Å². The Morgan fingerprint density at radius 3 is 2.94 bits per heavy atom. The van der Waals surface area contributed by atoms with Crippen molar-refractivity contribution in [1.29, 1.82) is 0 Å². The van der Waals surface area contributed by atoms with E-state index >= 15 is 0 Å². The first-order valence-electron chi connectivity index (χ1n) is 5.19. The van der Waals surface area contributed by atoms with E-state index in [-0.39, 0.29) is 19.1 Å². The monoisotopic (exact) mass is 222 g/mol. The molecule has 0 spiro atoms. The lowest BCUT2D eigenvalue weighted by Gasteiger charge is -2.11. The van der Waals surface area contributed by atoms with Crippen LogP contribution in [0.15, 0.2) is 18.7 Å². The highest BCUT2D eigenvalue weighted by Gasteiger charge is 2.12. The van der Waals surface area contributed by atoms with Crippen molar-refractivity contribution in [3.05, 3.63) is 24.4 Å². The molecule has 0 radical (unpaired) electrons. The molecule has 16 heavy (non-hydrogen) atoms. The van der Waals surface area contributed by atoms with E-state index in [4.69, 9.17) is 10.2 Å². The molecular formula is C10H14N4O2. The molecule has 0 aliphatic rings. The minimum atomic E-state index is 0.0415. The maximum atomic E-state index is 9.15. The summed E-state index contributed by atoms with van der Waals surface area (Å²) in [4.78, 5) is 8.04. The molecule has 6 nitrogen and oxygen atoms in total. The molecule has 2 N–H and O–H groups in total. The van der Waals surface area contributed by atoms with Gasteiger partial charge in [-0.2, -0.15) is 5.10 Å². The summed E-state index contributed by atoms with van der Waals surface area (Å²) in [5, 5.41) is 22.1. The number of imidazole rings is 1. The molecule has 2 aromatic heterocycles. The van der Waals surface area contributed by atoms with E-state index in [0.29, 0.717) is 18.5 Å². The molecule has 0 aliphatic carbocycles. The Hall–Kier alpha value is -1.53. The number of fused-ring (bicyclic) bond motifs is 1. The van der Waals surface area contributed by atoms with Gasteiger partial charge in [0.25, 0.3) is 0 Å². The smallest absolute Gasteiger partial charge is 0.172 e. The standard InChI is InChI=1S/C10H14N4O2/c15-2-1-8(6-16)3-9-4-12-10-5-11-7-13-14(9)10/h4-5,7-8,15-16H,1-3,6H2. The quantitative estimate of drug-likeness (QED) is 0.723. The summed E-state index contributed by atoms with van der Waals surface area (Å²) in [5.41, 5.74) is 1.61. The Balaban J connectivity index is 2.20. The van der Waals surface area contributed by atoms with Gasteiger partial charge in [-0.25, -0.2) is 14.5 Å². The lowest BCUT2D eigenvalue weighted by molar-refractivity contribution is 0.182. The molecule has 1 atom stereocenters. The summed E-state index contributed by atoms with van der Waals surface area (Å²) in [6, 6.07) is 0. The Bertz CT molecular complexity index is 457. The highest BCUT2D eigenvalue weighted by Crippen LogP contribution is 2.12. The molecule has 0 aliphatic heterocycles. The van der Waals surface area contributed by atoms with Gasteiger partial charge >= 0.3 is 0 Å². The third-order valence-corrected chi connectivity index (χ3v) is 2.55. The molecule has 1 unspecified atom stereocenters. The molecule has 0 amide bonds. The third kappa shape index (κ3) is 2.17. The maximum absolute atomic E-state index is 9.15. The third-order valence-electron chi connectivity index (χ3n) is 2.55. The van der Waals surface area contributed by atoms with Gasteiger partial charge in [-0.3, -0.25) is 0 Å². The molecule has 0 saturated heterocycles. The highest BCUT2D eigenvalue weighted by molar-refractivity contribution is 5.34. The summed E-state index contributed by atoms with van der Waals surface area (Å²) in [5.74, 6) is 0.0415. The van der Waals surface area contributed by atoms with Crippen LogP contribution in [0.1, 0.15) is 12.1 Å². The van der Waals surface area contributed by atoms with Gasteiger partial charge in [-0.05, 0) is 18.8 Å². The van der Waals surface area contributed by atoms with Crippen LogP contribution in [0.2, 0.25) is 0 Å². The number of hydrogen-bond donors (Lipinski definition) is 2. The van der Waals surface area contributed by atoms with Gasteiger partial charge in [0.15, 0.2) is 5.65 Å². The molecule has 2 heterocycles. The van der Waals surface area contributed by atoms with Gasteiger partial charge in [0.05, 0.1) is 18.1 Å². The molecule has 2 rings (SSSR count). The summed E-state index contributed by atoms with van der Waals surface area (Å²) in [7, 11) is 0. The van der Waals surface area contributed by atoms with Crippen LogP contribution >= 0.6 is 0 Å². The average molecular weight is 222 g/mol. The van der Waals surface area contributed by atoms with E-state index in [0.717, 1.165) is 5.69 Å². The largest absolute Gasteiger partial charge is 0.396 e. The SMILES string of the molecule is OCCC(CO)Cc1cnc2cncnn12. The van der Waals surface area contributed by atoms with E-state index in [1.807, 2.05) is 0 Å². The fraction of sp³-hybridized carbons (Fsp3) is 0.500. The minimum Gasteiger partial charge on any atom is -0.396 e. The van der Waals surface area contributed by atoms with Gasteiger partial charge in [0, 0.05) is 13.2 Å². The Morgan fingerprint density at radius 1 is 1.31 bits per heavy atom. The lowest BCUT2D eigenvalue weighted by Crippen LogP contribution is -2.13. The minimum absolute atomic E-state index is 0.0415. The number of aliphatic hydroxyl groups is 2. The van der Waals surface area contributed by atoms with Crippen LogP contribution in [0.25, 0.3) is 5.65 Å². The van der Waals surface area contributed by atoms with Crippen molar-refractivity contribution in [1.82, 2.24) is 19.6 Å². The van der Waals surface area contributed by atoms with Crippen molar-refractivity contribution in [2.24, 2.45) is 5.92 Å². The normalized spacial score (nSPS) is 13.1. The van der Waals surface area contributed by atoms with E-state index < -0.39 is 0 Å². The lowest BCUT2D eigenvalue weighted by atomic mass is 10.0. The van der Waals surface area contributed by atoms with Crippen LogP contribution in [0.3, 0.4) is 0 Å². The molecule has 6 heteroatoms. The second-order valence-electron chi connectivity index (χ2n) is 3.69. The Morgan fingerprint density at radius 2 is 2.19 bits per heavy atom. The molecule has 0 bridgehead atoms. The Labute approximate surface area is 92.6 Å². The maximum Gasteiger partial charge on any atom is 0.172 e. The average Bonchev–Trinajstić information content (AvgIpc) is 2.72. The number of hydrogen-bond acceptors (Lipinski definition) is 5. The summed E-state index contributed by atoms with van der Waals surface area (Å²) >= 11 is 0. The van der Waals surface area contributed by atoms with E-state index in [9.17, 15) is 0 Å². The fourth-order valence-corrected chi connectivity index (χ4v) is 1.68. The van der Waals surface area contributed by atoms with Crippen LogP contribution in [0, 0.1) is 5.92 Å². The molecule has 0 aromatic carbocycles. The number of rotatable bonds is 5. The van der Waals surface area contributed by atoms with Crippen LogP contribution in [-0.2, 0) is 6.42 Å². The van der Waals surface area contributed by atoms with Crippen molar-refractivity contribution >= 4 is 5.65 Å².